The average molecular weight is 313 g/mol. The molecule has 98 valence electrons. The van der Waals surface area contributed by atoms with Gasteiger partial charge in [0, 0.05) is 10.5 Å². The van der Waals surface area contributed by atoms with Crippen LogP contribution < -0.4 is 4.74 Å². The minimum atomic E-state index is -0.343. The van der Waals surface area contributed by atoms with Gasteiger partial charge in [-0.1, -0.05) is 15.9 Å². The minimum Gasteiger partial charge on any atom is -0.490 e. The maximum absolute atomic E-state index is 11.0. The highest BCUT2D eigenvalue weighted by Gasteiger charge is 2.02. The van der Waals surface area contributed by atoms with Crippen molar-refractivity contribution in [2.24, 2.45) is 0 Å². The van der Waals surface area contributed by atoms with Gasteiger partial charge in [0.1, 0.15) is 12.4 Å². The van der Waals surface area contributed by atoms with E-state index in [2.05, 4.69) is 15.9 Å². The van der Waals surface area contributed by atoms with Gasteiger partial charge in [-0.3, -0.25) is 0 Å². The molecule has 0 N–H and O–H groups in total. The Labute approximate surface area is 116 Å². The molecule has 3 nitrogen and oxygen atoms in total. The zero-order chi connectivity index (χ0) is 13.5. The molecule has 18 heavy (non-hydrogen) atoms. The van der Waals surface area contributed by atoms with Crippen LogP contribution in [0.4, 0.5) is 0 Å². The average Bonchev–Trinajstić information content (AvgIpc) is 2.32. The molecule has 0 saturated carbocycles. The number of hydrogen-bond donors (Lipinski definition) is 0. The quantitative estimate of drug-likeness (QED) is 0.616. The maximum atomic E-state index is 11.0. The Bertz CT molecular complexity index is 429. The van der Waals surface area contributed by atoms with Crippen LogP contribution in [-0.2, 0) is 9.53 Å². The molecule has 0 fully saturated rings. The lowest BCUT2D eigenvalue weighted by Crippen LogP contribution is -2.01. The summed E-state index contributed by atoms with van der Waals surface area (Å²) in [6.45, 7) is 6.53. The Morgan fingerprint density at radius 1 is 1.33 bits per heavy atom. The van der Waals surface area contributed by atoms with E-state index < -0.39 is 0 Å². The van der Waals surface area contributed by atoms with Gasteiger partial charge >= 0.3 is 5.97 Å². The zero-order valence-corrected chi connectivity index (χ0v) is 12.4. The van der Waals surface area contributed by atoms with Crippen molar-refractivity contribution in [3.63, 3.8) is 0 Å². The van der Waals surface area contributed by atoms with Crippen molar-refractivity contribution >= 4 is 21.9 Å². The largest absolute Gasteiger partial charge is 0.490 e. The van der Waals surface area contributed by atoms with E-state index in [4.69, 9.17) is 9.47 Å². The molecule has 0 aliphatic heterocycles. The van der Waals surface area contributed by atoms with Gasteiger partial charge in [0.2, 0.25) is 0 Å². The normalized spacial score (nSPS) is 10.7. The molecule has 4 heteroatoms. The molecule has 0 radical (unpaired) electrons. The van der Waals surface area contributed by atoms with Crippen molar-refractivity contribution in [1.82, 2.24) is 0 Å². The van der Waals surface area contributed by atoms with Crippen LogP contribution in [0.5, 0.6) is 5.75 Å². The van der Waals surface area contributed by atoms with Crippen molar-refractivity contribution in [3.8, 4) is 5.75 Å². The summed E-state index contributed by atoms with van der Waals surface area (Å²) in [4.78, 5) is 11.0. The van der Waals surface area contributed by atoms with Crippen LogP contribution in [0.3, 0.4) is 0 Å². The molecule has 0 spiro atoms. The lowest BCUT2D eigenvalue weighted by molar-refractivity contribution is -0.137. The summed E-state index contributed by atoms with van der Waals surface area (Å²) in [5.41, 5.74) is 2.25. The molecule has 0 bridgehead atoms. The molecule has 0 unspecified atom stereocenters. The Morgan fingerprint density at radius 2 is 1.94 bits per heavy atom. The van der Waals surface area contributed by atoms with Crippen LogP contribution in [-0.4, -0.2) is 19.2 Å². The zero-order valence-electron chi connectivity index (χ0n) is 10.8. The molecule has 0 aliphatic rings. The van der Waals surface area contributed by atoms with Gasteiger partial charge in [-0.2, -0.15) is 0 Å². The molecule has 1 aromatic rings. The van der Waals surface area contributed by atoms with E-state index in [9.17, 15) is 4.79 Å². The summed E-state index contributed by atoms with van der Waals surface area (Å²) in [6.07, 6.45) is 3.02. The fraction of sp³-hybridized carbons (Fsp3) is 0.357. The third-order valence-electron chi connectivity index (χ3n) is 2.30. The highest BCUT2D eigenvalue weighted by Crippen LogP contribution is 2.26. The van der Waals surface area contributed by atoms with Crippen molar-refractivity contribution < 1.29 is 14.3 Å². The Kier molecular flexibility index (Phi) is 5.92. The molecule has 0 aliphatic carbocycles. The number of esters is 1. The van der Waals surface area contributed by atoms with Crippen molar-refractivity contribution in [2.45, 2.75) is 20.8 Å². The predicted molar refractivity (Wildman–Crippen MR) is 74.9 cm³/mol. The maximum Gasteiger partial charge on any atom is 0.330 e. The molecular weight excluding hydrogens is 296 g/mol. The summed E-state index contributed by atoms with van der Waals surface area (Å²) in [6, 6.07) is 3.91. The summed E-state index contributed by atoms with van der Waals surface area (Å²) in [5.74, 6) is 0.450. The number of carbonyl (C=O) groups excluding carboxylic acids is 1. The van der Waals surface area contributed by atoms with E-state index in [0.717, 1.165) is 21.3 Å². The van der Waals surface area contributed by atoms with Crippen LogP contribution in [0, 0.1) is 13.8 Å². The number of carbonyl (C=O) groups is 1. The van der Waals surface area contributed by atoms with Crippen LogP contribution in [0.1, 0.15) is 18.1 Å². The number of aryl methyl sites for hydroxylation is 2. The molecule has 1 rings (SSSR count). The smallest absolute Gasteiger partial charge is 0.330 e. The highest BCUT2D eigenvalue weighted by atomic mass is 79.9. The first-order valence-corrected chi connectivity index (χ1v) is 6.56. The number of benzene rings is 1. The monoisotopic (exact) mass is 312 g/mol. The first-order chi connectivity index (χ1) is 8.54. The third kappa shape index (κ3) is 4.53. The molecule has 0 amide bonds. The molecule has 0 atom stereocenters. The second kappa shape index (κ2) is 7.21. The van der Waals surface area contributed by atoms with Crippen molar-refractivity contribution in [1.29, 1.82) is 0 Å². The standard InChI is InChI=1S/C14H17BrO3/c1-4-17-13(16)6-5-7-18-12-8-10(2)14(15)11(3)9-12/h5-6,8-9H,4,7H2,1-3H3/b6-5+. The van der Waals surface area contributed by atoms with E-state index in [1.54, 1.807) is 13.0 Å². The minimum absolute atomic E-state index is 0.343. The number of ether oxygens (including phenoxy) is 2. The van der Waals surface area contributed by atoms with Crippen LogP contribution in [0.25, 0.3) is 0 Å². The number of halogens is 1. The van der Waals surface area contributed by atoms with E-state index in [1.807, 2.05) is 26.0 Å². The lowest BCUT2D eigenvalue weighted by Gasteiger charge is -2.08. The van der Waals surface area contributed by atoms with Crippen molar-refractivity contribution in [3.05, 3.63) is 39.9 Å². The molecule has 0 heterocycles. The fourth-order valence-electron chi connectivity index (χ4n) is 1.47. The molecular formula is C14H17BrO3. The van der Waals surface area contributed by atoms with Crippen LogP contribution in [0.15, 0.2) is 28.8 Å². The van der Waals surface area contributed by atoms with Gasteiger partial charge in [0.15, 0.2) is 0 Å². The molecule has 0 saturated heterocycles. The first-order valence-electron chi connectivity index (χ1n) is 5.77. The Morgan fingerprint density at radius 3 is 2.50 bits per heavy atom. The predicted octanol–water partition coefficient (Wildman–Crippen LogP) is 3.56. The molecule has 1 aromatic carbocycles. The number of rotatable bonds is 5. The Hall–Kier alpha value is -1.29. The van der Waals surface area contributed by atoms with Crippen LogP contribution in [0.2, 0.25) is 0 Å². The van der Waals surface area contributed by atoms with Gasteiger partial charge in [0.25, 0.3) is 0 Å². The Balaban J connectivity index is 2.52. The first kappa shape index (κ1) is 14.8. The second-order valence-electron chi connectivity index (χ2n) is 3.84. The van der Waals surface area contributed by atoms with Gasteiger partial charge in [-0.05, 0) is 50.1 Å². The SMILES string of the molecule is CCOC(=O)/C=C/COc1cc(C)c(Br)c(C)c1. The third-order valence-corrected chi connectivity index (χ3v) is 3.55. The van der Waals surface area contributed by atoms with Crippen molar-refractivity contribution in [2.75, 3.05) is 13.2 Å². The van der Waals surface area contributed by atoms with Gasteiger partial charge < -0.3 is 9.47 Å². The van der Waals surface area contributed by atoms with Gasteiger partial charge in [0.05, 0.1) is 6.61 Å². The number of hydrogen-bond acceptors (Lipinski definition) is 3. The highest BCUT2D eigenvalue weighted by molar-refractivity contribution is 9.10. The summed E-state index contributed by atoms with van der Waals surface area (Å²) < 4.78 is 11.4. The van der Waals surface area contributed by atoms with Crippen LogP contribution >= 0.6 is 15.9 Å². The van der Waals surface area contributed by atoms with E-state index in [1.165, 1.54) is 6.08 Å². The lowest BCUT2D eigenvalue weighted by atomic mass is 10.1. The van der Waals surface area contributed by atoms with Gasteiger partial charge in [-0.15, -0.1) is 0 Å². The van der Waals surface area contributed by atoms with E-state index in [-0.39, 0.29) is 5.97 Å². The van der Waals surface area contributed by atoms with E-state index in [0.29, 0.717) is 13.2 Å². The van der Waals surface area contributed by atoms with Gasteiger partial charge in [-0.25, -0.2) is 4.79 Å². The summed E-state index contributed by atoms with van der Waals surface area (Å²) >= 11 is 3.50. The fourth-order valence-corrected chi connectivity index (χ4v) is 1.70. The second-order valence-corrected chi connectivity index (χ2v) is 4.63. The molecule has 0 aromatic heterocycles. The topological polar surface area (TPSA) is 35.5 Å². The summed E-state index contributed by atoms with van der Waals surface area (Å²) in [7, 11) is 0. The van der Waals surface area contributed by atoms with E-state index >= 15 is 0 Å². The summed E-state index contributed by atoms with van der Waals surface area (Å²) in [5, 5.41) is 0.